The van der Waals surface area contributed by atoms with Crippen molar-refractivity contribution >= 4 is 17.9 Å². The van der Waals surface area contributed by atoms with E-state index in [1.54, 1.807) is 48.5 Å². The molecule has 3 unspecified atom stereocenters. The summed E-state index contributed by atoms with van der Waals surface area (Å²) in [5.41, 5.74) is 0.445. The lowest BCUT2D eigenvalue weighted by Gasteiger charge is -2.12. The Balaban J connectivity index is 1.13. The fraction of sp³-hybridized carbons (Fsp3) is 0.300. The summed E-state index contributed by atoms with van der Waals surface area (Å²) in [7, 11) is 0. The first kappa shape index (κ1) is 26.8. The maximum atomic E-state index is 12.9. The molecule has 11 nitrogen and oxygen atoms in total. The molecule has 3 aromatic rings. The van der Waals surface area contributed by atoms with Gasteiger partial charge < -0.3 is 37.9 Å². The molecule has 11 heteroatoms. The second-order valence-corrected chi connectivity index (χ2v) is 9.57. The number of rotatable bonds is 13. The van der Waals surface area contributed by atoms with E-state index in [-0.39, 0.29) is 53.1 Å². The molecule has 41 heavy (non-hydrogen) atoms. The lowest BCUT2D eigenvalue weighted by atomic mass is 10.1. The van der Waals surface area contributed by atoms with Crippen LogP contribution in [0, 0.1) is 0 Å². The molecule has 0 amide bonds. The molecule has 3 fully saturated rings. The van der Waals surface area contributed by atoms with Gasteiger partial charge in [-0.3, -0.25) is 0 Å². The predicted octanol–water partition coefficient (Wildman–Crippen LogP) is 3.24. The number of esters is 3. The Kier molecular flexibility index (Phi) is 7.81. The van der Waals surface area contributed by atoms with Crippen molar-refractivity contribution < 1.29 is 52.3 Å². The third kappa shape index (κ3) is 7.60. The highest BCUT2D eigenvalue weighted by Gasteiger charge is 2.27. The van der Waals surface area contributed by atoms with E-state index in [4.69, 9.17) is 37.9 Å². The van der Waals surface area contributed by atoms with E-state index in [0.717, 1.165) is 0 Å². The van der Waals surface area contributed by atoms with Gasteiger partial charge in [-0.15, -0.1) is 0 Å². The molecule has 3 aliphatic heterocycles. The van der Waals surface area contributed by atoms with Gasteiger partial charge in [0.05, 0.1) is 30.9 Å². The average molecular weight is 563 g/mol. The number of hydrogen-bond acceptors (Lipinski definition) is 11. The highest BCUT2D eigenvalue weighted by atomic mass is 16.6. The maximum Gasteiger partial charge on any atom is 0.343 e. The summed E-state index contributed by atoms with van der Waals surface area (Å²) in [4.78, 5) is 38.5. The average Bonchev–Trinajstić information content (AvgIpc) is 3.84. The minimum absolute atomic E-state index is 0.0465. The molecule has 0 spiro atoms. The van der Waals surface area contributed by atoms with Crippen LogP contribution in [0.15, 0.2) is 66.7 Å². The third-order valence-electron chi connectivity index (χ3n) is 6.24. The van der Waals surface area contributed by atoms with Crippen LogP contribution in [0.5, 0.6) is 23.0 Å². The van der Waals surface area contributed by atoms with E-state index in [9.17, 15) is 14.4 Å². The minimum Gasteiger partial charge on any atom is -0.491 e. The van der Waals surface area contributed by atoms with Crippen LogP contribution in [0.25, 0.3) is 0 Å². The SMILES string of the molecule is O=C(Oc1ccc(OC(=O)c2ccc(OCC3CO3)cc2)c(C(=O)OCC2CO2)c1)c1ccc(OCC2CO2)cc1. The highest BCUT2D eigenvalue weighted by Crippen LogP contribution is 2.28. The van der Waals surface area contributed by atoms with Crippen LogP contribution in [0.3, 0.4) is 0 Å². The molecule has 0 aromatic heterocycles. The molecule has 6 rings (SSSR count). The lowest BCUT2D eigenvalue weighted by Crippen LogP contribution is -2.15. The second kappa shape index (κ2) is 12.0. The Morgan fingerprint density at radius 1 is 0.585 bits per heavy atom. The number of benzene rings is 3. The number of hydrogen-bond donors (Lipinski definition) is 0. The van der Waals surface area contributed by atoms with Crippen LogP contribution >= 0.6 is 0 Å². The maximum absolute atomic E-state index is 12.9. The molecule has 3 atom stereocenters. The molecule has 0 bridgehead atoms. The standard InChI is InChI=1S/C30H26O11/c31-28(18-1-5-20(6-2-18)34-12-23-14-36-23)40-22-9-10-27(26(11-22)30(33)39-17-25-16-38-25)41-29(32)19-3-7-21(8-4-19)35-13-24-15-37-24/h1-11,23-25H,12-17H2. The van der Waals surface area contributed by atoms with Crippen molar-refractivity contribution in [1.29, 1.82) is 0 Å². The van der Waals surface area contributed by atoms with Gasteiger partial charge >= 0.3 is 17.9 Å². The Labute approximate surface area is 234 Å². The number of ether oxygens (including phenoxy) is 8. The number of carbonyl (C=O) groups excluding carboxylic acids is 3. The molecule has 0 radical (unpaired) electrons. The van der Waals surface area contributed by atoms with Crippen LogP contribution in [0.1, 0.15) is 31.1 Å². The Morgan fingerprint density at radius 3 is 1.56 bits per heavy atom. The van der Waals surface area contributed by atoms with Gasteiger partial charge in [-0.25, -0.2) is 14.4 Å². The summed E-state index contributed by atoms with van der Waals surface area (Å²) in [6, 6.07) is 16.9. The van der Waals surface area contributed by atoms with Crippen LogP contribution in [0.4, 0.5) is 0 Å². The normalized spacial score (nSPS) is 20.0. The summed E-state index contributed by atoms with van der Waals surface area (Å²) in [5.74, 6) is -0.892. The predicted molar refractivity (Wildman–Crippen MR) is 140 cm³/mol. The second-order valence-electron chi connectivity index (χ2n) is 9.57. The summed E-state index contributed by atoms with van der Waals surface area (Å²) in [6.07, 6.45) is 0.0633. The van der Waals surface area contributed by atoms with Gasteiger partial charge in [-0.1, -0.05) is 0 Å². The molecular weight excluding hydrogens is 536 g/mol. The van der Waals surface area contributed by atoms with Crippen LogP contribution < -0.4 is 18.9 Å². The molecule has 3 aromatic carbocycles. The van der Waals surface area contributed by atoms with E-state index < -0.39 is 17.9 Å². The van der Waals surface area contributed by atoms with Gasteiger partial charge in [-0.2, -0.15) is 0 Å². The van der Waals surface area contributed by atoms with Gasteiger partial charge in [0.25, 0.3) is 0 Å². The van der Waals surface area contributed by atoms with E-state index in [1.807, 2.05) is 0 Å². The van der Waals surface area contributed by atoms with Gasteiger partial charge in [0.15, 0.2) is 0 Å². The summed E-state index contributed by atoms with van der Waals surface area (Å²) >= 11 is 0. The molecule has 0 saturated carbocycles. The van der Waals surface area contributed by atoms with Gasteiger partial charge in [-0.05, 0) is 66.7 Å². The molecule has 3 aliphatic rings. The van der Waals surface area contributed by atoms with Crippen LogP contribution in [0.2, 0.25) is 0 Å². The topological polar surface area (TPSA) is 135 Å². The van der Waals surface area contributed by atoms with E-state index in [0.29, 0.717) is 44.5 Å². The molecule has 3 saturated heterocycles. The van der Waals surface area contributed by atoms with Crippen LogP contribution in [-0.4, -0.2) is 75.9 Å². The van der Waals surface area contributed by atoms with Crippen molar-refractivity contribution in [1.82, 2.24) is 0 Å². The smallest absolute Gasteiger partial charge is 0.343 e. The lowest BCUT2D eigenvalue weighted by molar-refractivity contribution is 0.0469. The van der Waals surface area contributed by atoms with Gasteiger partial charge in [0, 0.05) is 0 Å². The molecular formula is C30H26O11. The zero-order valence-corrected chi connectivity index (χ0v) is 21.8. The molecule has 3 heterocycles. The molecule has 0 N–H and O–H groups in total. The first-order chi connectivity index (χ1) is 20.0. The van der Waals surface area contributed by atoms with Crippen molar-refractivity contribution in [2.75, 3.05) is 39.6 Å². The Hall–Kier alpha value is -4.45. The van der Waals surface area contributed by atoms with E-state index in [1.165, 1.54) is 18.2 Å². The van der Waals surface area contributed by atoms with Gasteiger partial charge in [0.2, 0.25) is 0 Å². The fourth-order valence-corrected chi connectivity index (χ4v) is 3.64. The molecule has 0 aliphatic carbocycles. The Morgan fingerprint density at radius 2 is 1.05 bits per heavy atom. The van der Waals surface area contributed by atoms with Crippen molar-refractivity contribution in [3.05, 3.63) is 83.4 Å². The first-order valence-electron chi connectivity index (χ1n) is 13.1. The van der Waals surface area contributed by atoms with E-state index >= 15 is 0 Å². The van der Waals surface area contributed by atoms with E-state index in [2.05, 4.69) is 0 Å². The summed E-state index contributed by atoms with van der Waals surface area (Å²) in [5, 5.41) is 0. The Bertz CT molecular complexity index is 1410. The monoisotopic (exact) mass is 562 g/mol. The fourth-order valence-electron chi connectivity index (χ4n) is 3.64. The minimum atomic E-state index is -0.756. The van der Waals surface area contributed by atoms with Crippen molar-refractivity contribution in [2.24, 2.45) is 0 Å². The van der Waals surface area contributed by atoms with Crippen molar-refractivity contribution in [2.45, 2.75) is 18.3 Å². The highest BCUT2D eigenvalue weighted by molar-refractivity contribution is 5.97. The zero-order valence-electron chi connectivity index (χ0n) is 21.8. The number of carbonyl (C=O) groups is 3. The van der Waals surface area contributed by atoms with Crippen LogP contribution in [-0.2, 0) is 18.9 Å². The first-order valence-corrected chi connectivity index (χ1v) is 13.1. The largest absolute Gasteiger partial charge is 0.491 e. The quantitative estimate of drug-likeness (QED) is 0.173. The summed E-state index contributed by atoms with van der Waals surface area (Å²) in [6.45, 7) is 2.80. The number of epoxide rings is 3. The summed E-state index contributed by atoms with van der Waals surface area (Å²) < 4.78 is 42.8. The van der Waals surface area contributed by atoms with Crippen molar-refractivity contribution in [3.63, 3.8) is 0 Å². The third-order valence-corrected chi connectivity index (χ3v) is 6.24. The zero-order chi connectivity index (χ0) is 28.2. The van der Waals surface area contributed by atoms with Crippen molar-refractivity contribution in [3.8, 4) is 23.0 Å². The molecule has 212 valence electrons. The van der Waals surface area contributed by atoms with Gasteiger partial charge in [0.1, 0.15) is 66.7 Å².